The van der Waals surface area contributed by atoms with Crippen LogP contribution in [0.15, 0.2) is 29.0 Å². The van der Waals surface area contributed by atoms with Crippen LogP contribution in [-0.2, 0) is 0 Å². The number of anilines is 3. The maximum absolute atomic E-state index is 13.4. The third-order valence-electron chi connectivity index (χ3n) is 1.92. The Morgan fingerprint density at radius 3 is 2.65 bits per heavy atom. The summed E-state index contributed by atoms with van der Waals surface area (Å²) in [5, 5.41) is 2.66. The molecule has 0 aliphatic rings. The van der Waals surface area contributed by atoms with Crippen molar-refractivity contribution in [2.24, 2.45) is 0 Å². The molecule has 0 saturated carbocycles. The Bertz CT molecular complexity index is 562. The van der Waals surface area contributed by atoms with E-state index in [0.29, 0.717) is 11.8 Å². The molecule has 0 unspecified atom stereocenters. The van der Waals surface area contributed by atoms with E-state index in [2.05, 4.69) is 31.2 Å². The summed E-state index contributed by atoms with van der Waals surface area (Å²) >= 11 is 3.22. The third kappa shape index (κ3) is 2.68. The molecule has 0 aliphatic heterocycles. The average molecular weight is 301 g/mol. The fourth-order valence-electron chi connectivity index (χ4n) is 1.19. The van der Waals surface area contributed by atoms with Crippen molar-refractivity contribution in [3.8, 4) is 0 Å². The molecule has 0 fully saturated rings. The van der Waals surface area contributed by atoms with Crippen LogP contribution in [-0.4, -0.2) is 9.97 Å². The molecule has 88 valence electrons. The van der Waals surface area contributed by atoms with Gasteiger partial charge in [0.05, 0.1) is 11.9 Å². The van der Waals surface area contributed by atoms with E-state index in [1.807, 2.05) is 0 Å². The van der Waals surface area contributed by atoms with Gasteiger partial charge in [-0.25, -0.2) is 13.8 Å². The normalized spacial score (nSPS) is 10.3. The molecule has 2 heterocycles. The first-order valence-electron chi connectivity index (χ1n) is 4.55. The minimum Gasteiger partial charge on any atom is -0.381 e. The zero-order chi connectivity index (χ0) is 12.4. The van der Waals surface area contributed by atoms with Crippen molar-refractivity contribution in [3.05, 3.63) is 40.6 Å². The van der Waals surface area contributed by atoms with Crippen LogP contribution in [0.25, 0.3) is 0 Å². The van der Waals surface area contributed by atoms with E-state index in [4.69, 9.17) is 5.73 Å². The lowest BCUT2D eigenvalue weighted by atomic mass is 10.3. The smallest absolute Gasteiger partial charge is 0.169 e. The fourth-order valence-corrected chi connectivity index (χ4v) is 1.55. The zero-order valence-corrected chi connectivity index (χ0v) is 10.0. The van der Waals surface area contributed by atoms with Crippen LogP contribution in [0, 0.1) is 11.6 Å². The molecule has 0 atom stereocenters. The summed E-state index contributed by atoms with van der Waals surface area (Å²) in [6.45, 7) is 0. The standard InChI is InChI=1S/C10H7BrF2N4/c11-5-1-6(4-15-3-5)16-10-8(13)2-7(12)9(14)17-10/h1-4H,(H3,14,16,17). The summed E-state index contributed by atoms with van der Waals surface area (Å²) in [5.74, 6) is -2.22. The number of pyridine rings is 2. The van der Waals surface area contributed by atoms with Gasteiger partial charge in [-0.1, -0.05) is 0 Å². The van der Waals surface area contributed by atoms with Crippen LogP contribution in [0.1, 0.15) is 0 Å². The van der Waals surface area contributed by atoms with Gasteiger partial charge in [0, 0.05) is 16.7 Å². The molecule has 0 bridgehead atoms. The molecular weight excluding hydrogens is 294 g/mol. The Morgan fingerprint density at radius 2 is 1.94 bits per heavy atom. The first-order valence-corrected chi connectivity index (χ1v) is 5.34. The Balaban J connectivity index is 2.33. The van der Waals surface area contributed by atoms with Crippen molar-refractivity contribution in [1.29, 1.82) is 0 Å². The van der Waals surface area contributed by atoms with Gasteiger partial charge in [0.1, 0.15) is 0 Å². The van der Waals surface area contributed by atoms with Crippen LogP contribution in [0.2, 0.25) is 0 Å². The molecule has 0 radical (unpaired) electrons. The van der Waals surface area contributed by atoms with Crippen molar-refractivity contribution >= 4 is 33.3 Å². The number of nitrogen functional groups attached to an aromatic ring is 1. The van der Waals surface area contributed by atoms with Crippen LogP contribution in [0.3, 0.4) is 0 Å². The maximum atomic E-state index is 13.4. The molecule has 0 spiro atoms. The molecule has 0 aromatic carbocycles. The van der Waals surface area contributed by atoms with Crippen molar-refractivity contribution in [2.75, 3.05) is 11.1 Å². The summed E-state index contributed by atoms with van der Waals surface area (Å²) in [5.41, 5.74) is 5.77. The number of nitrogens with one attached hydrogen (secondary N) is 1. The number of nitrogens with two attached hydrogens (primary N) is 1. The van der Waals surface area contributed by atoms with E-state index in [-0.39, 0.29) is 11.6 Å². The number of aromatic nitrogens is 2. The Labute approximate surface area is 104 Å². The van der Waals surface area contributed by atoms with E-state index >= 15 is 0 Å². The largest absolute Gasteiger partial charge is 0.381 e. The van der Waals surface area contributed by atoms with Crippen LogP contribution in [0.5, 0.6) is 0 Å². The monoisotopic (exact) mass is 300 g/mol. The Morgan fingerprint density at radius 1 is 1.18 bits per heavy atom. The predicted molar refractivity (Wildman–Crippen MR) is 63.8 cm³/mol. The summed E-state index contributed by atoms with van der Waals surface area (Å²) in [7, 11) is 0. The second-order valence-corrected chi connectivity index (χ2v) is 4.12. The molecule has 2 rings (SSSR count). The van der Waals surface area contributed by atoms with Crippen LogP contribution < -0.4 is 11.1 Å². The maximum Gasteiger partial charge on any atom is 0.169 e. The van der Waals surface area contributed by atoms with E-state index in [1.165, 1.54) is 6.20 Å². The van der Waals surface area contributed by atoms with E-state index in [0.717, 1.165) is 4.47 Å². The average Bonchev–Trinajstić information content (AvgIpc) is 2.26. The third-order valence-corrected chi connectivity index (χ3v) is 2.36. The van der Waals surface area contributed by atoms with Gasteiger partial charge in [-0.2, -0.15) is 0 Å². The number of hydrogen-bond donors (Lipinski definition) is 2. The lowest BCUT2D eigenvalue weighted by molar-refractivity contribution is 0.581. The molecule has 17 heavy (non-hydrogen) atoms. The summed E-state index contributed by atoms with van der Waals surface area (Å²) < 4.78 is 27.0. The summed E-state index contributed by atoms with van der Waals surface area (Å²) in [6, 6.07) is 2.35. The molecular formula is C10H7BrF2N4. The molecule has 0 aliphatic carbocycles. The molecule has 4 nitrogen and oxygen atoms in total. The van der Waals surface area contributed by atoms with Crippen molar-refractivity contribution < 1.29 is 8.78 Å². The molecule has 0 saturated heterocycles. The number of hydrogen-bond acceptors (Lipinski definition) is 4. The van der Waals surface area contributed by atoms with Gasteiger partial charge in [-0.3, -0.25) is 4.98 Å². The Kier molecular flexibility index (Phi) is 3.19. The zero-order valence-electron chi connectivity index (χ0n) is 8.42. The van der Waals surface area contributed by atoms with E-state index < -0.39 is 11.6 Å². The van der Waals surface area contributed by atoms with Gasteiger partial charge >= 0.3 is 0 Å². The van der Waals surface area contributed by atoms with E-state index in [9.17, 15) is 8.78 Å². The molecule has 2 aromatic heterocycles. The highest BCUT2D eigenvalue weighted by Crippen LogP contribution is 2.22. The lowest BCUT2D eigenvalue weighted by Crippen LogP contribution is -2.03. The van der Waals surface area contributed by atoms with Gasteiger partial charge in [-0.15, -0.1) is 0 Å². The van der Waals surface area contributed by atoms with Crippen LogP contribution in [0.4, 0.5) is 26.1 Å². The fraction of sp³-hybridized carbons (Fsp3) is 0. The second kappa shape index (κ2) is 4.62. The highest BCUT2D eigenvalue weighted by Gasteiger charge is 2.09. The SMILES string of the molecule is Nc1nc(Nc2cncc(Br)c2)c(F)cc1F. The minimum absolute atomic E-state index is 0.149. The number of nitrogens with zero attached hydrogens (tertiary/aromatic N) is 2. The van der Waals surface area contributed by atoms with Gasteiger partial charge in [0.25, 0.3) is 0 Å². The highest BCUT2D eigenvalue weighted by atomic mass is 79.9. The van der Waals surface area contributed by atoms with Crippen LogP contribution >= 0.6 is 15.9 Å². The quantitative estimate of drug-likeness (QED) is 0.895. The van der Waals surface area contributed by atoms with Crippen molar-refractivity contribution in [2.45, 2.75) is 0 Å². The van der Waals surface area contributed by atoms with Gasteiger partial charge in [0.2, 0.25) is 0 Å². The first-order chi connectivity index (χ1) is 8.06. The van der Waals surface area contributed by atoms with Crippen molar-refractivity contribution in [1.82, 2.24) is 9.97 Å². The second-order valence-electron chi connectivity index (χ2n) is 3.20. The molecule has 2 aromatic rings. The Hall–Kier alpha value is -1.76. The molecule has 7 heteroatoms. The first kappa shape index (κ1) is 11.7. The topological polar surface area (TPSA) is 63.8 Å². The highest BCUT2D eigenvalue weighted by molar-refractivity contribution is 9.10. The number of rotatable bonds is 2. The van der Waals surface area contributed by atoms with Gasteiger partial charge < -0.3 is 11.1 Å². The number of halogens is 3. The lowest BCUT2D eigenvalue weighted by Gasteiger charge is -2.07. The summed E-state index contributed by atoms with van der Waals surface area (Å²) in [6.07, 6.45) is 3.05. The molecule has 0 amide bonds. The van der Waals surface area contributed by atoms with Gasteiger partial charge in [0.15, 0.2) is 23.3 Å². The van der Waals surface area contributed by atoms with Gasteiger partial charge in [-0.05, 0) is 22.0 Å². The van der Waals surface area contributed by atoms with Crippen molar-refractivity contribution in [3.63, 3.8) is 0 Å². The summed E-state index contributed by atoms with van der Waals surface area (Å²) in [4.78, 5) is 7.46. The minimum atomic E-state index is -0.889. The molecule has 3 N–H and O–H groups in total. The predicted octanol–water partition coefficient (Wildman–Crippen LogP) is 2.84. The van der Waals surface area contributed by atoms with E-state index in [1.54, 1.807) is 12.3 Å².